The molecular formula is C19H28N2O3. The minimum absolute atomic E-state index is 0.0950. The van der Waals surface area contributed by atoms with Crippen LogP contribution in [0.4, 0.5) is 0 Å². The highest BCUT2D eigenvalue weighted by molar-refractivity contribution is 5.83. The molecule has 0 atom stereocenters. The van der Waals surface area contributed by atoms with Gasteiger partial charge < -0.3 is 15.1 Å². The Hall–Kier alpha value is -1.62. The number of rotatable bonds is 5. The molecule has 5 nitrogen and oxygen atoms in total. The first-order chi connectivity index (χ1) is 11.5. The SMILES string of the molecule is CCN(Cc1c(CO)cnc(C)c1O)C(=O)C12CCC(CC1)CC2. The molecule has 3 saturated carbocycles. The van der Waals surface area contributed by atoms with Gasteiger partial charge in [-0.25, -0.2) is 0 Å². The van der Waals surface area contributed by atoms with Crippen LogP contribution in [0.5, 0.6) is 5.75 Å². The second-order valence-corrected chi connectivity index (χ2v) is 7.44. The first-order valence-electron chi connectivity index (χ1n) is 9.07. The molecule has 2 N–H and O–H groups in total. The lowest BCUT2D eigenvalue weighted by molar-refractivity contribution is -0.149. The zero-order valence-electron chi connectivity index (χ0n) is 14.7. The van der Waals surface area contributed by atoms with Crippen molar-refractivity contribution < 1.29 is 15.0 Å². The van der Waals surface area contributed by atoms with Crippen molar-refractivity contribution in [2.75, 3.05) is 6.54 Å². The molecule has 1 aromatic rings. The average Bonchev–Trinajstić information content (AvgIpc) is 2.64. The molecule has 0 aliphatic heterocycles. The third-order valence-corrected chi connectivity index (χ3v) is 6.17. The largest absolute Gasteiger partial charge is 0.506 e. The lowest BCUT2D eigenvalue weighted by Gasteiger charge is -2.47. The van der Waals surface area contributed by atoms with Gasteiger partial charge in [-0.15, -0.1) is 0 Å². The van der Waals surface area contributed by atoms with Crippen molar-refractivity contribution in [2.45, 2.75) is 65.5 Å². The smallest absolute Gasteiger partial charge is 0.229 e. The Morgan fingerprint density at radius 1 is 1.33 bits per heavy atom. The van der Waals surface area contributed by atoms with E-state index in [1.165, 1.54) is 19.3 Å². The Bertz CT molecular complexity index is 608. The molecule has 0 saturated heterocycles. The molecule has 4 rings (SSSR count). The molecule has 5 heteroatoms. The number of carbonyl (C=O) groups is 1. The molecule has 3 aliphatic carbocycles. The number of aromatic nitrogens is 1. The summed E-state index contributed by atoms with van der Waals surface area (Å²) in [6.07, 6.45) is 8.11. The van der Waals surface area contributed by atoms with Gasteiger partial charge in [0.1, 0.15) is 5.75 Å². The van der Waals surface area contributed by atoms with Crippen molar-refractivity contribution in [2.24, 2.45) is 11.3 Å². The van der Waals surface area contributed by atoms with Gasteiger partial charge in [-0.3, -0.25) is 9.78 Å². The first-order valence-corrected chi connectivity index (χ1v) is 9.07. The van der Waals surface area contributed by atoms with E-state index < -0.39 is 0 Å². The Balaban J connectivity index is 1.85. The van der Waals surface area contributed by atoms with Gasteiger partial charge in [0.2, 0.25) is 5.91 Å². The Kier molecular flexibility index (Phi) is 4.81. The molecule has 0 radical (unpaired) electrons. The third-order valence-electron chi connectivity index (χ3n) is 6.17. The fourth-order valence-electron chi connectivity index (χ4n) is 4.42. The minimum Gasteiger partial charge on any atom is -0.506 e. The molecule has 2 bridgehead atoms. The Morgan fingerprint density at radius 2 is 1.96 bits per heavy atom. The molecule has 132 valence electrons. The number of pyridine rings is 1. The van der Waals surface area contributed by atoms with Crippen LogP contribution < -0.4 is 0 Å². The molecule has 0 unspecified atom stereocenters. The molecule has 3 fully saturated rings. The standard InChI is InChI=1S/C19H28N2O3/c1-3-21(11-16-15(12-22)10-20-13(2)17(16)23)18(24)19-7-4-14(5-8-19)6-9-19/h10,14,22-23H,3-9,11-12H2,1-2H3. The number of aliphatic hydroxyl groups excluding tert-OH is 1. The maximum Gasteiger partial charge on any atom is 0.229 e. The summed E-state index contributed by atoms with van der Waals surface area (Å²) in [5.74, 6) is 1.14. The van der Waals surface area contributed by atoms with Crippen molar-refractivity contribution in [1.29, 1.82) is 0 Å². The predicted octanol–water partition coefficient (Wildman–Crippen LogP) is 2.91. The van der Waals surface area contributed by atoms with Gasteiger partial charge >= 0.3 is 0 Å². The van der Waals surface area contributed by atoms with Crippen LogP contribution in [0.1, 0.15) is 62.3 Å². The maximum atomic E-state index is 13.3. The summed E-state index contributed by atoms with van der Waals surface area (Å²) in [6.45, 7) is 4.47. The number of amides is 1. The highest BCUT2D eigenvalue weighted by Crippen LogP contribution is 2.51. The van der Waals surface area contributed by atoms with E-state index in [4.69, 9.17) is 0 Å². The van der Waals surface area contributed by atoms with Crippen LogP contribution in [0.2, 0.25) is 0 Å². The lowest BCUT2D eigenvalue weighted by atomic mass is 9.60. The third kappa shape index (κ3) is 2.90. The van der Waals surface area contributed by atoms with E-state index in [0.29, 0.717) is 29.9 Å². The lowest BCUT2D eigenvalue weighted by Crippen LogP contribution is -2.48. The summed E-state index contributed by atoms with van der Waals surface area (Å²) in [7, 11) is 0. The average molecular weight is 332 g/mol. The van der Waals surface area contributed by atoms with E-state index in [0.717, 1.165) is 25.2 Å². The van der Waals surface area contributed by atoms with Crippen LogP contribution in [0.25, 0.3) is 0 Å². The molecular weight excluding hydrogens is 304 g/mol. The summed E-state index contributed by atoms with van der Waals surface area (Å²) in [4.78, 5) is 19.2. The molecule has 1 aromatic heterocycles. The van der Waals surface area contributed by atoms with Gasteiger partial charge in [0.15, 0.2) is 0 Å². The zero-order chi connectivity index (χ0) is 17.3. The number of hydrogen-bond acceptors (Lipinski definition) is 4. The van der Waals surface area contributed by atoms with E-state index in [9.17, 15) is 15.0 Å². The van der Waals surface area contributed by atoms with Gasteiger partial charge in [0.05, 0.1) is 12.3 Å². The summed E-state index contributed by atoms with van der Waals surface area (Å²) in [5, 5.41) is 19.9. The van der Waals surface area contributed by atoms with Crippen molar-refractivity contribution >= 4 is 5.91 Å². The van der Waals surface area contributed by atoms with Crippen molar-refractivity contribution in [3.8, 4) is 5.75 Å². The number of carbonyl (C=O) groups excluding carboxylic acids is 1. The monoisotopic (exact) mass is 332 g/mol. The van der Waals surface area contributed by atoms with Crippen molar-refractivity contribution in [3.05, 3.63) is 23.0 Å². The van der Waals surface area contributed by atoms with Crippen LogP contribution >= 0.6 is 0 Å². The molecule has 1 amide bonds. The fraction of sp³-hybridized carbons (Fsp3) is 0.684. The maximum absolute atomic E-state index is 13.3. The van der Waals surface area contributed by atoms with Crippen LogP contribution in [-0.4, -0.2) is 32.5 Å². The minimum atomic E-state index is -0.193. The van der Waals surface area contributed by atoms with Crippen LogP contribution in [-0.2, 0) is 17.9 Å². The van der Waals surface area contributed by atoms with Crippen LogP contribution in [0, 0.1) is 18.3 Å². The molecule has 3 aliphatic rings. The van der Waals surface area contributed by atoms with Gasteiger partial charge in [0, 0.05) is 35.8 Å². The van der Waals surface area contributed by atoms with Gasteiger partial charge in [-0.1, -0.05) is 0 Å². The van der Waals surface area contributed by atoms with Crippen LogP contribution in [0.3, 0.4) is 0 Å². The van der Waals surface area contributed by atoms with Gasteiger partial charge in [-0.2, -0.15) is 0 Å². The number of hydrogen-bond donors (Lipinski definition) is 2. The van der Waals surface area contributed by atoms with E-state index >= 15 is 0 Å². The van der Waals surface area contributed by atoms with E-state index in [-0.39, 0.29) is 23.7 Å². The van der Waals surface area contributed by atoms with Crippen LogP contribution in [0.15, 0.2) is 6.20 Å². The molecule has 0 aromatic carbocycles. The molecule has 1 heterocycles. The van der Waals surface area contributed by atoms with Crippen molar-refractivity contribution in [1.82, 2.24) is 9.88 Å². The topological polar surface area (TPSA) is 73.7 Å². The van der Waals surface area contributed by atoms with E-state index in [2.05, 4.69) is 4.98 Å². The van der Waals surface area contributed by atoms with Crippen molar-refractivity contribution in [3.63, 3.8) is 0 Å². The predicted molar refractivity (Wildman–Crippen MR) is 91.3 cm³/mol. The summed E-state index contributed by atoms with van der Waals surface area (Å²) in [5.41, 5.74) is 1.55. The van der Waals surface area contributed by atoms with E-state index in [1.54, 1.807) is 13.1 Å². The normalized spacial score (nSPS) is 25.7. The van der Waals surface area contributed by atoms with Gasteiger partial charge in [-0.05, 0) is 58.3 Å². The Labute approximate surface area is 143 Å². The summed E-state index contributed by atoms with van der Waals surface area (Å²) in [6, 6.07) is 0. The summed E-state index contributed by atoms with van der Waals surface area (Å²) >= 11 is 0. The highest BCUT2D eigenvalue weighted by Gasteiger charge is 2.47. The number of nitrogens with zero attached hydrogens (tertiary/aromatic N) is 2. The number of aromatic hydroxyl groups is 1. The Morgan fingerprint density at radius 3 is 2.50 bits per heavy atom. The molecule has 0 spiro atoms. The number of aryl methyl sites for hydroxylation is 1. The van der Waals surface area contributed by atoms with Gasteiger partial charge in [0.25, 0.3) is 0 Å². The second-order valence-electron chi connectivity index (χ2n) is 7.44. The highest BCUT2D eigenvalue weighted by atomic mass is 16.3. The fourth-order valence-corrected chi connectivity index (χ4v) is 4.42. The second kappa shape index (κ2) is 6.71. The molecule has 24 heavy (non-hydrogen) atoms. The zero-order valence-corrected chi connectivity index (χ0v) is 14.7. The number of aliphatic hydroxyl groups is 1. The summed E-state index contributed by atoms with van der Waals surface area (Å²) < 4.78 is 0. The van der Waals surface area contributed by atoms with E-state index in [1.807, 2.05) is 11.8 Å². The quantitative estimate of drug-likeness (QED) is 0.869. The number of fused-ring (bicyclic) bond motifs is 3. The first kappa shape index (κ1) is 17.2.